The molecule has 0 saturated carbocycles. The van der Waals surface area contributed by atoms with E-state index >= 15 is 0 Å². The van der Waals surface area contributed by atoms with E-state index in [9.17, 15) is 10.1 Å². The number of halogens is 2. The zero-order valence-electron chi connectivity index (χ0n) is 12.4. The van der Waals surface area contributed by atoms with Crippen molar-refractivity contribution in [2.24, 2.45) is 0 Å². The number of nitrogens with zero attached hydrogens (tertiary/aromatic N) is 2. The summed E-state index contributed by atoms with van der Waals surface area (Å²) in [5, 5.41) is 11.7. The zero-order valence-corrected chi connectivity index (χ0v) is 15.5. The van der Waals surface area contributed by atoms with Gasteiger partial charge in [0.2, 0.25) is 0 Å². The van der Waals surface area contributed by atoms with Crippen LogP contribution in [0.5, 0.6) is 5.75 Å². The van der Waals surface area contributed by atoms with Crippen molar-refractivity contribution in [3.63, 3.8) is 0 Å². The van der Waals surface area contributed by atoms with Crippen LogP contribution in [0.15, 0.2) is 54.6 Å². The van der Waals surface area contributed by atoms with Gasteiger partial charge >= 0.3 is 0 Å². The zero-order chi connectivity index (χ0) is 17.1. The third-order valence-corrected chi connectivity index (χ3v) is 4.41. The van der Waals surface area contributed by atoms with Crippen LogP contribution in [0.4, 0.5) is 5.69 Å². The number of hydrogen-bond donors (Lipinski definition) is 0. The van der Waals surface area contributed by atoms with Crippen molar-refractivity contribution >= 4 is 48.5 Å². The first-order chi connectivity index (χ1) is 11.5. The van der Waals surface area contributed by atoms with Crippen molar-refractivity contribution in [3.05, 3.63) is 76.0 Å². The average molecular weight is 452 g/mol. The van der Waals surface area contributed by atoms with E-state index in [1.165, 1.54) is 12.1 Å². The number of fused-ring (bicyclic) bond motifs is 1. The van der Waals surface area contributed by atoms with Crippen molar-refractivity contribution < 1.29 is 9.66 Å². The van der Waals surface area contributed by atoms with Crippen LogP contribution in [-0.4, -0.2) is 9.91 Å². The van der Waals surface area contributed by atoms with Crippen LogP contribution in [0.2, 0.25) is 0 Å². The Bertz CT molecular complexity index is 883. The Morgan fingerprint density at radius 1 is 1.08 bits per heavy atom. The third kappa shape index (κ3) is 3.73. The Hall–Kier alpha value is -1.99. The Morgan fingerprint density at radius 3 is 2.50 bits per heavy atom. The van der Waals surface area contributed by atoms with Crippen molar-refractivity contribution in [3.8, 4) is 5.75 Å². The number of non-ortho nitro benzene ring substituents is 1. The molecule has 0 unspecified atom stereocenters. The lowest BCUT2D eigenvalue weighted by molar-refractivity contribution is -0.384. The van der Waals surface area contributed by atoms with E-state index in [0.717, 1.165) is 22.2 Å². The second kappa shape index (κ2) is 7.27. The van der Waals surface area contributed by atoms with Crippen LogP contribution < -0.4 is 4.74 Å². The molecule has 7 heteroatoms. The minimum Gasteiger partial charge on any atom is -0.487 e. The third-order valence-electron chi connectivity index (χ3n) is 3.47. The van der Waals surface area contributed by atoms with Gasteiger partial charge in [0.25, 0.3) is 5.69 Å². The van der Waals surface area contributed by atoms with Crippen LogP contribution in [0.25, 0.3) is 10.9 Å². The molecule has 0 saturated heterocycles. The van der Waals surface area contributed by atoms with E-state index in [0.29, 0.717) is 12.4 Å². The van der Waals surface area contributed by atoms with Gasteiger partial charge < -0.3 is 4.74 Å². The molecule has 2 aromatic carbocycles. The lowest BCUT2D eigenvalue weighted by atomic mass is 10.2. The molecular formula is C17H12Br2N2O3. The Balaban J connectivity index is 1.84. The Labute approximate surface area is 155 Å². The van der Waals surface area contributed by atoms with Crippen molar-refractivity contribution in [2.45, 2.75) is 10.3 Å². The summed E-state index contributed by atoms with van der Waals surface area (Å²) in [6.07, 6.45) is 0. The van der Waals surface area contributed by atoms with Gasteiger partial charge in [0, 0.05) is 17.5 Å². The molecule has 0 aliphatic heterocycles. The van der Waals surface area contributed by atoms with Gasteiger partial charge in [0.15, 0.2) is 0 Å². The van der Waals surface area contributed by atoms with Crippen molar-refractivity contribution in [1.29, 1.82) is 0 Å². The number of alkyl halides is 2. The molecule has 3 aromatic rings. The quantitative estimate of drug-likeness (QED) is 0.291. The van der Waals surface area contributed by atoms with E-state index < -0.39 is 4.92 Å². The van der Waals surface area contributed by atoms with E-state index in [2.05, 4.69) is 36.8 Å². The summed E-state index contributed by atoms with van der Waals surface area (Å²) in [6, 6.07) is 16.0. The number of nitro benzene ring substituents is 1. The lowest BCUT2D eigenvalue weighted by Gasteiger charge is -2.10. The van der Waals surface area contributed by atoms with E-state index in [1.807, 2.05) is 30.3 Å². The highest BCUT2D eigenvalue weighted by molar-refractivity contribution is 9.24. The predicted octanol–water partition coefficient (Wildman–Crippen LogP) is 5.51. The van der Waals surface area contributed by atoms with Gasteiger partial charge in [-0.2, -0.15) is 0 Å². The smallest absolute Gasteiger partial charge is 0.269 e. The van der Waals surface area contributed by atoms with Crippen LogP contribution in [0.3, 0.4) is 0 Å². The molecule has 1 heterocycles. The van der Waals surface area contributed by atoms with Gasteiger partial charge in [-0.25, -0.2) is 4.98 Å². The maximum atomic E-state index is 10.7. The largest absolute Gasteiger partial charge is 0.487 e. The van der Waals surface area contributed by atoms with Crippen molar-refractivity contribution in [1.82, 2.24) is 4.98 Å². The Morgan fingerprint density at radius 2 is 1.83 bits per heavy atom. The molecule has 5 nitrogen and oxygen atoms in total. The maximum absolute atomic E-state index is 10.7. The first-order valence-corrected chi connectivity index (χ1v) is 8.91. The molecule has 0 bridgehead atoms. The molecule has 122 valence electrons. The molecule has 0 atom stereocenters. The Kier molecular flexibility index (Phi) is 5.11. The summed E-state index contributed by atoms with van der Waals surface area (Å²) >= 11 is 6.89. The van der Waals surface area contributed by atoms with Crippen LogP contribution in [-0.2, 0) is 6.61 Å². The van der Waals surface area contributed by atoms with Crippen LogP contribution >= 0.6 is 31.9 Å². The fourth-order valence-corrected chi connectivity index (χ4v) is 2.76. The number of benzene rings is 2. The molecule has 0 radical (unpaired) electrons. The van der Waals surface area contributed by atoms with Gasteiger partial charge in [-0.05, 0) is 29.8 Å². The van der Waals surface area contributed by atoms with Crippen LogP contribution in [0.1, 0.15) is 15.0 Å². The predicted molar refractivity (Wildman–Crippen MR) is 99.8 cm³/mol. The molecule has 0 aliphatic carbocycles. The molecule has 3 rings (SSSR count). The summed E-state index contributed by atoms with van der Waals surface area (Å²) in [5.74, 6) is 0.674. The number of nitro groups is 1. The van der Waals surface area contributed by atoms with Gasteiger partial charge in [0.05, 0.1) is 10.6 Å². The van der Waals surface area contributed by atoms with E-state index in [4.69, 9.17) is 4.74 Å². The fraction of sp³-hybridized carbons (Fsp3) is 0.118. The maximum Gasteiger partial charge on any atom is 0.269 e. The van der Waals surface area contributed by atoms with Crippen LogP contribution in [0, 0.1) is 10.1 Å². The molecule has 0 N–H and O–H groups in total. The molecule has 0 amide bonds. The first-order valence-electron chi connectivity index (χ1n) is 7.08. The standard InChI is InChI=1S/C17H12Br2N2O3/c18-17(19)14-9-6-12-2-1-3-15(16(12)20-14)24-10-11-4-7-13(8-5-11)21(22)23/h1-9,17H,10H2. The summed E-state index contributed by atoms with van der Waals surface area (Å²) in [7, 11) is 0. The number of para-hydroxylation sites is 1. The summed E-state index contributed by atoms with van der Waals surface area (Å²) in [4.78, 5) is 14.9. The SMILES string of the molecule is O=[N+]([O-])c1ccc(COc2cccc3ccc(C(Br)Br)nc23)cc1. The number of aromatic nitrogens is 1. The summed E-state index contributed by atoms with van der Waals surface area (Å²) in [6.45, 7) is 0.315. The summed E-state index contributed by atoms with van der Waals surface area (Å²) < 4.78 is 5.85. The first kappa shape index (κ1) is 16.9. The van der Waals surface area contributed by atoms with E-state index in [1.54, 1.807) is 12.1 Å². The fourth-order valence-electron chi connectivity index (χ4n) is 2.25. The molecule has 1 aromatic heterocycles. The minimum absolute atomic E-state index is 0.0304. The second-order valence-corrected chi connectivity index (χ2v) is 8.14. The molecule has 24 heavy (non-hydrogen) atoms. The van der Waals surface area contributed by atoms with Crippen molar-refractivity contribution in [2.75, 3.05) is 0 Å². The average Bonchev–Trinajstić information content (AvgIpc) is 2.59. The number of rotatable bonds is 5. The number of pyridine rings is 1. The lowest BCUT2D eigenvalue weighted by Crippen LogP contribution is -1.98. The van der Waals surface area contributed by atoms with Gasteiger partial charge in [-0.3, -0.25) is 10.1 Å². The normalized spacial score (nSPS) is 11.0. The minimum atomic E-state index is -0.419. The molecule has 0 spiro atoms. The van der Waals surface area contributed by atoms with Gasteiger partial charge in [0.1, 0.15) is 21.6 Å². The second-order valence-electron chi connectivity index (χ2n) is 5.08. The highest BCUT2D eigenvalue weighted by atomic mass is 79.9. The van der Waals surface area contributed by atoms with Gasteiger partial charge in [-0.1, -0.05) is 50.1 Å². The number of hydrogen-bond acceptors (Lipinski definition) is 4. The highest BCUT2D eigenvalue weighted by Crippen LogP contribution is 2.31. The molecular weight excluding hydrogens is 440 g/mol. The topological polar surface area (TPSA) is 65.3 Å². The summed E-state index contributed by atoms with van der Waals surface area (Å²) in [5.41, 5.74) is 2.55. The van der Waals surface area contributed by atoms with Gasteiger partial charge in [-0.15, -0.1) is 0 Å². The molecule has 0 fully saturated rings. The molecule has 0 aliphatic rings. The monoisotopic (exact) mass is 450 g/mol. The number of ether oxygens (including phenoxy) is 1. The highest BCUT2D eigenvalue weighted by Gasteiger charge is 2.10. The van der Waals surface area contributed by atoms with E-state index in [-0.39, 0.29) is 9.42 Å².